The Morgan fingerprint density at radius 3 is 2.57 bits per heavy atom. The van der Waals surface area contributed by atoms with Crippen molar-refractivity contribution in [2.75, 3.05) is 23.3 Å². The lowest BCUT2D eigenvalue weighted by Crippen LogP contribution is -2.34. The molecule has 0 atom stereocenters. The molecule has 4 rings (SSSR count). The van der Waals surface area contributed by atoms with Gasteiger partial charge >= 0.3 is 0 Å². The zero-order valence-electron chi connectivity index (χ0n) is 16.0. The fourth-order valence-corrected chi connectivity index (χ4v) is 4.14. The minimum absolute atomic E-state index is 0.153. The van der Waals surface area contributed by atoms with Gasteiger partial charge in [0.25, 0.3) is 5.91 Å². The molecule has 8 heteroatoms. The van der Waals surface area contributed by atoms with Crippen LogP contribution >= 0.6 is 35.4 Å². The van der Waals surface area contributed by atoms with Crippen LogP contribution in [0.2, 0.25) is 10.0 Å². The molecule has 1 fully saturated rings. The van der Waals surface area contributed by atoms with E-state index in [1.165, 1.54) is 0 Å². The van der Waals surface area contributed by atoms with Crippen molar-refractivity contribution in [2.45, 2.75) is 12.8 Å². The van der Waals surface area contributed by atoms with Crippen LogP contribution in [0.25, 0.3) is 11.3 Å². The molecule has 0 spiro atoms. The van der Waals surface area contributed by atoms with Crippen LogP contribution in [0, 0.1) is 0 Å². The quantitative estimate of drug-likeness (QED) is 0.469. The molecule has 1 saturated heterocycles. The number of amides is 1. The van der Waals surface area contributed by atoms with E-state index in [1.54, 1.807) is 24.3 Å². The number of hydrogen-bond acceptors (Lipinski definition) is 4. The molecule has 2 heterocycles. The topological polar surface area (TPSA) is 57.5 Å². The second-order valence-electron chi connectivity index (χ2n) is 6.91. The number of anilines is 2. The highest BCUT2D eigenvalue weighted by Crippen LogP contribution is 2.36. The Morgan fingerprint density at radius 1 is 1.03 bits per heavy atom. The number of halogens is 2. The maximum absolute atomic E-state index is 12.6. The Bertz CT molecular complexity index is 1090. The van der Waals surface area contributed by atoms with Gasteiger partial charge < -0.3 is 14.6 Å². The molecule has 0 saturated carbocycles. The third-order valence-corrected chi connectivity index (χ3v) is 5.57. The minimum Gasteiger partial charge on any atom is -0.451 e. The third kappa shape index (κ3) is 4.61. The monoisotopic (exact) mass is 459 g/mol. The predicted molar refractivity (Wildman–Crippen MR) is 126 cm³/mol. The normalized spacial score (nSPS) is 13.3. The van der Waals surface area contributed by atoms with E-state index < -0.39 is 5.91 Å². The van der Waals surface area contributed by atoms with E-state index in [9.17, 15) is 4.79 Å². The summed E-state index contributed by atoms with van der Waals surface area (Å²) in [5, 5.41) is 7.16. The lowest BCUT2D eigenvalue weighted by molar-refractivity contribution is 0.0951. The van der Waals surface area contributed by atoms with Crippen molar-refractivity contribution in [3.8, 4) is 11.3 Å². The molecule has 1 aliphatic rings. The lowest BCUT2D eigenvalue weighted by atomic mass is 10.2. The number of para-hydroxylation sites is 1. The maximum Gasteiger partial charge on any atom is 0.293 e. The Morgan fingerprint density at radius 2 is 1.80 bits per heavy atom. The molecular weight excluding hydrogens is 441 g/mol. The van der Waals surface area contributed by atoms with Gasteiger partial charge in [-0.25, -0.2) is 0 Å². The van der Waals surface area contributed by atoms with E-state index in [0.717, 1.165) is 42.9 Å². The van der Waals surface area contributed by atoms with Crippen molar-refractivity contribution in [2.24, 2.45) is 0 Å². The first-order valence-electron chi connectivity index (χ1n) is 9.53. The molecule has 0 unspecified atom stereocenters. The number of carbonyl (C=O) groups excluding carboxylic acids is 1. The summed E-state index contributed by atoms with van der Waals surface area (Å²) in [5.74, 6) is 0.262. The molecule has 1 aromatic heterocycles. The van der Waals surface area contributed by atoms with Gasteiger partial charge in [-0.2, -0.15) is 0 Å². The van der Waals surface area contributed by atoms with Gasteiger partial charge in [-0.15, -0.1) is 0 Å². The van der Waals surface area contributed by atoms with Gasteiger partial charge in [0.2, 0.25) is 0 Å². The molecule has 0 bridgehead atoms. The molecule has 5 nitrogen and oxygen atoms in total. The number of hydrogen-bond donors (Lipinski definition) is 2. The number of carbonyl (C=O) groups is 1. The average Bonchev–Trinajstić information content (AvgIpc) is 3.40. The maximum atomic E-state index is 12.6. The van der Waals surface area contributed by atoms with Gasteiger partial charge in [0, 0.05) is 23.7 Å². The molecule has 2 N–H and O–H groups in total. The van der Waals surface area contributed by atoms with Gasteiger partial charge in [-0.05, 0) is 61.5 Å². The second-order valence-corrected chi connectivity index (χ2v) is 8.16. The van der Waals surface area contributed by atoms with Crippen LogP contribution in [-0.2, 0) is 0 Å². The Kier molecular flexibility index (Phi) is 6.27. The molecule has 0 radical (unpaired) electrons. The SMILES string of the molecule is O=C(NC(=S)Nc1cccc(Cl)c1N1CCCC1)c1ccc(-c2cccc(Cl)c2)o1. The van der Waals surface area contributed by atoms with Crippen molar-refractivity contribution < 1.29 is 9.21 Å². The molecule has 3 aromatic rings. The highest BCUT2D eigenvalue weighted by molar-refractivity contribution is 7.80. The zero-order valence-corrected chi connectivity index (χ0v) is 18.3. The van der Waals surface area contributed by atoms with Gasteiger partial charge in [0.1, 0.15) is 5.76 Å². The van der Waals surface area contributed by atoms with E-state index in [-0.39, 0.29) is 10.9 Å². The van der Waals surface area contributed by atoms with Crippen molar-refractivity contribution in [3.63, 3.8) is 0 Å². The highest BCUT2D eigenvalue weighted by Gasteiger charge is 2.20. The van der Waals surface area contributed by atoms with Gasteiger partial charge in [-0.1, -0.05) is 41.4 Å². The number of furan rings is 1. The number of benzene rings is 2. The largest absolute Gasteiger partial charge is 0.451 e. The summed E-state index contributed by atoms with van der Waals surface area (Å²) in [5.41, 5.74) is 2.44. The van der Waals surface area contributed by atoms with Crippen molar-refractivity contribution in [3.05, 3.63) is 70.4 Å². The first-order chi connectivity index (χ1) is 14.5. The zero-order chi connectivity index (χ0) is 21.1. The standard InChI is InChI=1S/C22H19Cl2N3O2S/c23-15-6-3-5-14(13-15)18-9-10-19(29-18)21(28)26-22(30)25-17-8-4-7-16(24)20(17)27-11-1-2-12-27/h3-10,13H,1-2,11-12H2,(H2,25,26,28,30). The van der Waals surface area contributed by atoms with Gasteiger partial charge in [0.05, 0.1) is 16.4 Å². The molecule has 0 aliphatic carbocycles. The van der Waals surface area contributed by atoms with Crippen LogP contribution in [0.5, 0.6) is 0 Å². The number of thiocarbonyl (C=S) groups is 1. The summed E-state index contributed by atoms with van der Waals surface area (Å²) in [4.78, 5) is 14.8. The fourth-order valence-electron chi connectivity index (χ4n) is 3.45. The molecular formula is C22H19Cl2N3O2S. The summed E-state index contributed by atoms with van der Waals surface area (Å²) >= 11 is 17.8. The lowest BCUT2D eigenvalue weighted by Gasteiger charge is -2.23. The summed E-state index contributed by atoms with van der Waals surface area (Å²) in [6.07, 6.45) is 2.25. The van der Waals surface area contributed by atoms with E-state index in [0.29, 0.717) is 15.8 Å². The minimum atomic E-state index is -0.439. The summed E-state index contributed by atoms with van der Waals surface area (Å²) in [6, 6.07) is 16.1. The fraction of sp³-hybridized carbons (Fsp3) is 0.182. The first-order valence-corrected chi connectivity index (χ1v) is 10.7. The van der Waals surface area contributed by atoms with Crippen LogP contribution in [0.4, 0.5) is 11.4 Å². The van der Waals surface area contributed by atoms with Crippen molar-refractivity contribution in [1.82, 2.24) is 5.32 Å². The van der Waals surface area contributed by atoms with Gasteiger partial charge in [0.15, 0.2) is 10.9 Å². The van der Waals surface area contributed by atoms with E-state index >= 15 is 0 Å². The molecule has 1 aliphatic heterocycles. The molecule has 2 aromatic carbocycles. The summed E-state index contributed by atoms with van der Waals surface area (Å²) in [6.45, 7) is 1.88. The van der Waals surface area contributed by atoms with Crippen molar-refractivity contribution in [1.29, 1.82) is 0 Å². The van der Waals surface area contributed by atoms with E-state index in [2.05, 4.69) is 15.5 Å². The van der Waals surface area contributed by atoms with Gasteiger partial charge in [-0.3, -0.25) is 10.1 Å². The molecule has 1 amide bonds. The highest BCUT2D eigenvalue weighted by atomic mass is 35.5. The second kappa shape index (κ2) is 9.08. The number of nitrogens with zero attached hydrogens (tertiary/aromatic N) is 1. The smallest absolute Gasteiger partial charge is 0.293 e. The van der Waals surface area contributed by atoms with Crippen LogP contribution in [0.15, 0.2) is 59.0 Å². The predicted octanol–water partition coefficient (Wildman–Crippen LogP) is 5.98. The van der Waals surface area contributed by atoms with Crippen LogP contribution < -0.4 is 15.5 Å². The van der Waals surface area contributed by atoms with Crippen molar-refractivity contribution >= 4 is 57.8 Å². The average molecular weight is 460 g/mol. The number of rotatable bonds is 4. The Balaban J connectivity index is 1.45. The van der Waals surface area contributed by atoms with Crippen LogP contribution in [0.1, 0.15) is 23.4 Å². The Labute approximate surface area is 190 Å². The van der Waals surface area contributed by atoms with Crippen LogP contribution in [-0.4, -0.2) is 24.1 Å². The molecule has 154 valence electrons. The molecule has 30 heavy (non-hydrogen) atoms. The van der Waals surface area contributed by atoms with Crippen LogP contribution in [0.3, 0.4) is 0 Å². The first kappa shape index (κ1) is 20.7. The third-order valence-electron chi connectivity index (χ3n) is 4.82. The summed E-state index contributed by atoms with van der Waals surface area (Å²) < 4.78 is 5.67. The summed E-state index contributed by atoms with van der Waals surface area (Å²) in [7, 11) is 0. The van der Waals surface area contributed by atoms with E-state index in [4.69, 9.17) is 39.8 Å². The number of nitrogens with one attached hydrogen (secondary N) is 2. The van der Waals surface area contributed by atoms with E-state index in [1.807, 2.05) is 30.3 Å². The Hall–Kier alpha value is -2.54.